The summed E-state index contributed by atoms with van der Waals surface area (Å²) in [5.41, 5.74) is -2.10. The van der Waals surface area contributed by atoms with E-state index in [0.717, 1.165) is 0 Å². The fourth-order valence-corrected chi connectivity index (χ4v) is 2.87. The molecule has 0 fully saturated rings. The number of Topliss-reactive ketones (excluding diaryl/α,β-unsaturated/α-hetero) is 1. The molecule has 8 heteroatoms. The number of benzene rings is 1. The largest absolute Gasteiger partial charge is 0.465 e. The predicted molar refractivity (Wildman–Crippen MR) is 90.5 cm³/mol. The maximum absolute atomic E-state index is 13.2. The van der Waals surface area contributed by atoms with Gasteiger partial charge in [-0.1, -0.05) is 12.1 Å². The van der Waals surface area contributed by atoms with E-state index in [1.165, 1.54) is 19.9 Å². The number of hydrogen-bond acceptors (Lipinski definition) is 8. The zero-order valence-electron chi connectivity index (χ0n) is 14.9. The van der Waals surface area contributed by atoms with Crippen LogP contribution in [-0.4, -0.2) is 49.6 Å². The van der Waals surface area contributed by atoms with E-state index in [-0.39, 0.29) is 25.4 Å². The number of carbonyl (C=O) groups is 4. The summed E-state index contributed by atoms with van der Waals surface area (Å²) in [6.07, 6.45) is 0. The molecule has 0 aliphatic carbocycles. The molecule has 1 aromatic rings. The second-order valence-corrected chi connectivity index (χ2v) is 5.45. The van der Waals surface area contributed by atoms with Gasteiger partial charge in [0.05, 0.1) is 19.8 Å². The normalized spacial score (nSPS) is 17.5. The van der Waals surface area contributed by atoms with Gasteiger partial charge in [-0.3, -0.25) is 14.4 Å². The first-order valence-electron chi connectivity index (χ1n) is 8.36. The SMILES string of the molecule is CCOC(=O)C1Nc2ccccc2C(=O)C1(C(=O)OCC)C(=O)OCC. The zero-order valence-corrected chi connectivity index (χ0v) is 14.9. The Morgan fingerprint density at radius 2 is 1.50 bits per heavy atom. The van der Waals surface area contributed by atoms with Crippen molar-refractivity contribution in [1.29, 1.82) is 0 Å². The lowest BCUT2D eigenvalue weighted by Gasteiger charge is -2.38. The van der Waals surface area contributed by atoms with Crippen molar-refractivity contribution in [1.82, 2.24) is 0 Å². The number of hydrogen-bond donors (Lipinski definition) is 1. The van der Waals surface area contributed by atoms with Crippen LogP contribution in [0.5, 0.6) is 0 Å². The molecule has 1 N–H and O–H groups in total. The second kappa shape index (κ2) is 7.99. The van der Waals surface area contributed by atoms with E-state index in [4.69, 9.17) is 14.2 Å². The van der Waals surface area contributed by atoms with E-state index in [1.54, 1.807) is 25.1 Å². The number of esters is 3. The summed E-state index contributed by atoms with van der Waals surface area (Å²) in [4.78, 5) is 51.3. The Balaban J connectivity index is 2.71. The molecule has 140 valence electrons. The van der Waals surface area contributed by atoms with Crippen molar-refractivity contribution in [2.45, 2.75) is 26.8 Å². The van der Waals surface area contributed by atoms with Crippen molar-refractivity contribution in [3.63, 3.8) is 0 Å². The number of fused-ring (bicyclic) bond motifs is 1. The summed E-state index contributed by atoms with van der Waals surface area (Å²) in [6.45, 7) is 4.49. The van der Waals surface area contributed by atoms with Crippen molar-refractivity contribution in [3.05, 3.63) is 29.8 Å². The highest BCUT2D eigenvalue weighted by molar-refractivity contribution is 6.31. The maximum atomic E-state index is 13.2. The summed E-state index contributed by atoms with van der Waals surface area (Å²) < 4.78 is 15.0. The fraction of sp³-hybridized carbons (Fsp3) is 0.444. The third-order valence-electron chi connectivity index (χ3n) is 3.98. The van der Waals surface area contributed by atoms with Crippen LogP contribution in [0.1, 0.15) is 31.1 Å². The number of para-hydroxylation sites is 1. The highest BCUT2D eigenvalue weighted by atomic mass is 16.6. The Morgan fingerprint density at radius 3 is 2.04 bits per heavy atom. The minimum Gasteiger partial charge on any atom is -0.465 e. The van der Waals surface area contributed by atoms with Crippen LogP contribution >= 0.6 is 0 Å². The van der Waals surface area contributed by atoms with E-state index in [0.29, 0.717) is 5.69 Å². The Bertz CT molecular complexity index is 710. The molecule has 0 saturated carbocycles. The first-order valence-corrected chi connectivity index (χ1v) is 8.36. The van der Waals surface area contributed by atoms with Gasteiger partial charge in [-0.2, -0.15) is 0 Å². The van der Waals surface area contributed by atoms with Crippen LogP contribution < -0.4 is 5.32 Å². The fourth-order valence-electron chi connectivity index (χ4n) is 2.87. The van der Waals surface area contributed by atoms with Crippen LogP contribution in [0.15, 0.2) is 24.3 Å². The molecule has 2 rings (SSSR count). The van der Waals surface area contributed by atoms with Crippen LogP contribution in [0, 0.1) is 5.41 Å². The molecule has 0 radical (unpaired) electrons. The molecule has 1 unspecified atom stereocenters. The van der Waals surface area contributed by atoms with Gasteiger partial charge in [0.25, 0.3) is 5.41 Å². The molecule has 1 aliphatic rings. The van der Waals surface area contributed by atoms with Crippen molar-refractivity contribution in [2.24, 2.45) is 5.41 Å². The summed E-state index contributed by atoms with van der Waals surface area (Å²) in [5, 5.41) is 2.78. The Labute approximate surface area is 150 Å². The first kappa shape index (κ1) is 19.4. The molecule has 0 saturated heterocycles. The van der Waals surface area contributed by atoms with Gasteiger partial charge in [-0.15, -0.1) is 0 Å². The van der Waals surface area contributed by atoms with Crippen LogP contribution in [0.25, 0.3) is 0 Å². The molecule has 1 atom stereocenters. The van der Waals surface area contributed by atoms with Gasteiger partial charge in [-0.05, 0) is 32.9 Å². The van der Waals surface area contributed by atoms with Crippen molar-refractivity contribution in [2.75, 3.05) is 25.1 Å². The van der Waals surface area contributed by atoms with Gasteiger partial charge in [0.15, 0.2) is 11.8 Å². The number of ketones is 1. The molecular formula is C18H21NO7. The van der Waals surface area contributed by atoms with Gasteiger partial charge >= 0.3 is 17.9 Å². The molecule has 0 amide bonds. The van der Waals surface area contributed by atoms with Gasteiger partial charge in [0.1, 0.15) is 0 Å². The minimum atomic E-state index is -2.51. The molecular weight excluding hydrogens is 342 g/mol. The Kier molecular flexibility index (Phi) is 5.97. The number of carbonyl (C=O) groups excluding carboxylic acids is 4. The third kappa shape index (κ3) is 3.02. The quantitative estimate of drug-likeness (QED) is 0.458. The summed E-state index contributed by atoms with van der Waals surface area (Å²) in [7, 11) is 0. The van der Waals surface area contributed by atoms with Gasteiger partial charge in [0, 0.05) is 11.3 Å². The Morgan fingerprint density at radius 1 is 0.962 bits per heavy atom. The lowest BCUT2D eigenvalue weighted by atomic mass is 9.70. The number of anilines is 1. The van der Waals surface area contributed by atoms with E-state index in [1.807, 2.05) is 0 Å². The van der Waals surface area contributed by atoms with Crippen molar-refractivity contribution >= 4 is 29.4 Å². The van der Waals surface area contributed by atoms with Crippen molar-refractivity contribution in [3.8, 4) is 0 Å². The third-order valence-corrected chi connectivity index (χ3v) is 3.98. The molecule has 8 nitrogen and oxygen atoms in total. The van der Waals surface area contributed by atoms with E-state index < -0.39 is 35.1 Å². The van der Waals surface area contributed by atoms with Crippen LogP contribution in [0.2, 0.25) is 0 Å². The van der Waals surface area contributed by atoms with Gasteiger partial charge in [0.2, 0.25) is 0 Å². The minimum absolute atomic E-state index is 0.00851. The molecule has 26 heavy (non-hydrogen) atoms. The lowest BCUT2D eigenvalue weighted by Crippen LogP contribution is -2.64. The van der Waals surface area contributed by atoms with E-state index in [9.17, 15) is 19.2 Å². The highest BCUT2D eigenvalue weighted by Gasteiger charge is 2.66. The summed E-state index contributed by atoms with van der Waals surface area (Å²) in [5.74, 6) is -4.08. The van der Waals surface area contributed by atoms with Gasteiger partial charge in [-0.25, -0.2) is 4.79 Å². The standard InChI is InChI=1S/C18H21NO7/c1-4-24-15(21)13-18(16(22)25-5-2,17(23)26-6-3)14(20)11-9-7-8-10-12(11)19-13/h7-10,13,19H,4-6H2,1-3H3. The molecule has 1 aliphatic heterocycles. The molecule has 0 spiro atoms. The van der Waals surface area contributed by atoms with E-state index in [2.05, 4.69) is 5.32 Å². The van der Waals surface area contributed by atoms with Crippen LogP contribution in [-0.2, 0) is 28.6 Å². The highest BCUT2D eigenvalue weighted by Crippen LogP contribution is 2.40. The van der Waals surface area contributed by atoms with Gasteiger partial charge < -0.3 is 19.5 Å². The molecule has 0 aromatic heterocycles. The van der Waals surface area contributed by atoms with Crippen LogP contribution in [0.4, 0.5) is 5.69 Å². The number of ether oxygens (including phenoxy) is 3. The average Bonchev–Trinajstić information content (AvgIpc) is 2.62. The van der Waals surface area contributed by atoms with E-state index >= 15 is 0 Å². The summed E-state index contributed by atoms with van der Waals surface area (Å²) >= 11 is 0. The second-order valence-electron chi connectivity index (χ2n) is 5.45. The van der Waals surface area contributed by atoms with Crippen molar-refractivity contribution < 1.29 is 33.4 Å². The van der Waals surface area contributed by atoms with Crippen LogP contribution in [0.3, 0.4) is 0 Å². The molecule has 1 aromatic carbocycles. The Hall–Kier alpha value is -2.90. The number of nitrogens with one attached hydrogen (secondary N) is 1. The number of rotatable bonds is 6. The monoisotopic (exact) mass is 363 g/mol. The smallest absolute Gasteiger partial charge is 0.334 e. The lowest BCUT2D eigenvalue weighted by molar-refractivity contribution is -0.173. The maximum Gasteiger partial charge on any atom is 0.334 e. The predicted octanol–water partition coefficient (Wildman–Crippen LogP) is 1.34. The molecule has 1 heterocycles. The summed E-state index contributed by atoms with van der Waals surface area (Å²) in [6, 6.07) is 4.68. The average molecular weight is 363 g/mol. The molecule has 0 bridgehead atoms. The zero-order chi connectivity index (χ0) is 19.3. The first-order chi connectivity index (χ1) is 12.4. The topological polar surface area (TPSA) is 108 Å².